The first-order chi connectivity index (χ1) is 7.59. The molecule has 1 aromatic heterocycles. The minimum Gasteiger partial charge on any atom is -0.364 e. The number of aromatic nitrogens is 2. The Hall–Kier alpha value is -1.84. The van der Waals surface area contributed by atoms with Gasteiger partial charge in [0.15, 0.2) is 5.69 Å². The predicted octanol–water partition coefficient (Wildman–Crippen LogP) is 1.79. The van der Waals surface area contributed by atoms with Gasteiger partial charge in [-0.1, -0.05) is 32.0 Å². The lowest BCUT2D eigenvalue weighted by Gasteiger charge is -2.05. The number of amides is 1. The van der Waals surface area contributed by atoms with Crippen LogP contribution < -0.4 is 5.73 Å². The van der Waals surface area contributed by atoms with Crippen molar-refractivity contribution in [3.63, 3.8) is 0 Å². The van der Waals surface area contributed by atoms with Gasteiger partial charge in [-0.2, -0.15) is 5.10 Å². The summed E-state index contributed by atoms with van der Waals surface area (Å²) in [5, 5.41) is 5.10. The number of fused-ring (bicyclic) bond motifs is 1. The van der Waals surface area contributed by atoms with Crippen LogP contribution in [0.1, 0.15) is 24.3 Å². The van der Waals surface area contributed by atoms with Crippen molar-refractivity contribution in [3.8, 4) is 0 Å². The van der Waals surface area contributed by atoms with E-state index in [1.165, 1.54) is 0 Å². The van der Waals surface area contributed by atoms with Crippen molar-refractivity contribution < 1.29 is 4.79 Å². The van der Waals surface area contributed by atoms with E-state index in [1.807, 2.05) is 28.9 Å². The van der Waals surface area contributed by atoms with Crippen LogP contribution in [0.4, 0.5) is 0 Å². The molecule has 2 N–H and O–H groups in total. The lowest BCUT2D eigenvalue weighted by Crippen LogP contribution is -2.13. The van der Waals surface area contributed by atoms with Crippen molar-refractivity contribution in [2.45, 2.75) is 20.4 Å². The van der Waals surface area contributed by atoms with E-state index in [0.717, 1.165) is 17.4 Å². The molecule has 16 heavy (non-hydrogen) atoms. The number of carbonyl (C=O) groups is 1. The van der Waals surface area contributed by atoms with Gasteiger partial charge in [-0.05, 0) is 12.0 Å². The van der Waals surface area contributed by atoms with Gasteiger partial charge in [-0.25, -0.2) is 0 Å². The minimum atomic E-state index is -0.473. The molecule has 0 spiro atoms. The van der Waals surface area contributed by atoms with Crippen LogP contribution in [0.2, 0.25) is 0 Å². The molecule has 0 saturated heterocycles. The van der Waals surface area contributed by atoms with Crippen LogP contribution in [0, 0.1) is 5.92 Å². The van der Waals surface area contributed by atoms with Gasteiger partial charge in [0.25, 0.3) is 5.91 Å². The third kappa shape index (κ3) is 1.78. The highest BCUT2D eigenvalue weighted by Gasteiger charge is 2.14. The molecule has 0 atom stereocenters. The molecular formula is C12H15N3O. The summed E-state index contributed by atoms with van der Waals surface area (Å²) < 4.78 is 1.85. The summed E-state index contributed by atoms with van der Waals surface area (Å²) in [5.74, 6) is 0.00254. The zero-order chi connectivity index (χ0) is 11.7. The fourth-order valence-corrected chi connectivity index (χ4v) is 1.79. The Bertz CT molecular complexity index is 528. The molecule has 0 radical (unpaired) electrons. The van der Waals surface area contributed by atoms with Crippen LogP contribution in [0.15, 0.2) is 24.3 Å². The normalized spacial score (nSPS) is 11.2. The third-order valence-corrected chi connectivity index (χ3v) is 2.43. The standard InChI is InChI=1S/C12H15N3O/c1-8(2)7-15-10-6-4-3-5-9(10)11(14-15)12(13)16/h3-6,8H,7H2,1-2H3,(H2,13,16). The maximum absolute atomic E-state index is 11.3. The largest absolute Gasteiger partial charge is 0.364 e. The van der Waals surface area contributed by atoms with Crippen molar-refractivity contribution in [1.29, 1.82) is 0 Å². The number of nitrogens with zero attached hydrogens (tertiary/aromatic N) is 2. The minimum absolute atomic E-state index is 0.358. The maximum Gasteiger partial charge on any atom is 0.269 e. The van der Waals surface area contributed by atoms with Crippen molar-refractivity contribution in [1.82, 2.24) is 9.78 Å². The number of rotatable bonds is 3. The van der Waals surface area contributed by atoms with Crippen molar-refractivity contribution in [2.24, 2.45) is 11.7 Å². The van der Waals surface area contributed by atoms with Gasteiger partial charge in [0.05, 0.1) is 5.52 Å². The Balaban J connectivity index is 2.62. The first kappa shape index (κ1) is 10.7. The highest BCUT2D eigenvalue weighted by Crippen LogP contribution is 2.18. The summed E-state index contributed by atoms with van der Waals surface area (Å²) in [4.78, 5) is 11.3. The smallest absolute Gasteiger partial charge is 0.269 e. The number of para-hydroxylation sites is 1. The molecule has 4 nitrogen and oxygen atoms in total. The maximum atomic E-state index is 11.3. The molecule has 4 heteroatoms. The van der Waals surface area contributed by atoms with Gasteiger partial charge < -0.3 is 5.73 Å². The molecule has 1 aromatic carbocycles. The quantitative estimate of drug-likeness (QED) is 0.852. The summed E-state index contributed by atoms with van der Waals surface area (Å²) in [7, 11) is 0. The summed E-state index contributed by atoms with van der Waals surface area (Å²) in [6.45, 7) is 5.01. The Kier molecular flexibility index (Phi) is 2.64. The zero-order valence-corrected chi connectivity index (χ0v) is 9.47. The topological polar surface area (TPSA) is 60.9 Å². The molecule has 0 saturated carbocycles. The van der Waals surface area contributed by atoms with Crippen LogP contribution in [-0.2, 0) is 6.54 Å². The number of primary amides is 1. The van der Waals surface area contributed by atoms with Crippen molar-refractivity contribution in [2.75, 3.05) is 0 Å². The number of hydrogen-bond donors (Lipinski definition) is 1. The lowest BCUT2D eigenvalue weighted by atomic mass is 10.2. The van der Waals surface area contributed by atoms with Crippen LogP contribution in [0.3, 0.4) is 0 Å². The van der Waals surface area contributed by atoms with Crippen LogP contribution in [-0.4, -0.2) is 15.7 Å². The van der Waals surface area contributed by atoms with Gasteiger partial charge >= 0.3 is 0 Å². The van der Waals surface area contributed by atoms with E-state index in [-0.39, 0.29) is 0 Å². The average Bonchev–Trinajstić information content (AvgIpc) is 2.57. The number of benzene rings is 1. The monoisotopic (exact) mass is 217 g/mol. The van der Waals surface area contributed by atoms with E-state index in [1.54, 1.807) is 0 Å². The Labute approximate surface area is 94.0 Å². The fourth-order valence-electron chi connectivity index (χ4n) is 1.79. The van der Waals surface area contributed by atoms with E-state index in [4.69, 9.17) is 5.73 Å². The van der Waals surface area contributed by atoms with Crippen LogP contribution in [0.25, 0.3) is 10.9 Å². The molecule has 1 heterocycles. The third-order valence-electron chi connectivity index (χ3n) is 2.43. The average molecular weight is 217 g/mol. The molecular weight excluding hydrogens is 202 g/mol. The molecule has 0 aliphatic carbocycles. The molecule has 0 unspecified atom stereocenters. The second-order valence-corrected chi connectivity index (χ2v) is 4.31. The van der Waals surface area contributed by atoms with E-state index in [2.05, 4.69) is 18.9 Å². The molecule has 84 valence electrons. The number of nitrogens with two attached hydrogens (primary N) is 1. The number of hydrogen-bond acceptors (Lipinski definition) is 2. The first-order valence-corrected chi connectivity index (χ1v) is 5.35. The highest BCUT2D eigenvalue weighted by molar-refractivity contribution is 6.04. The summed E-state index contributed by atoms with van der Waals surface area (Å²) in [6, 6.07) is 7.65. The summed E-state index contributed by atoms with van der Waals surface area (Å²) >= 11 is 0. The molecule has 0 aliphatic rings. The molecule has 1 amide bonds. The molecule has 0 fully saturated rings. The van der Waals surface area contributed by atoms with E-state index >= 15 is 0 Å². The molecule has 2 aromatic rings. The highest BCUT2D eigenvalue weighted by atomic mass is 16.1. The second-order valence-electron chi connectivity index (χ2n) is 4.31. The zero-order valence-electron chi connectivity index (χ0n) is 9.47. The van der Waals surface area contributed by atoms with Gasteiger partial charge in [0.1, 0.15) is 0 Å². The van der Waals surface area contributed by atoms with Crippen LogP contribution >= 0.6 is 0 Å². The molecule has 0 aliphatic heterocycles. The Morgan fingerprint density at radius 1 is 1.44 bits per heavy atom. The first-order valence-electron chi connectivity index (χ1n) is 5.35. The summed E-state index contributed by atoms with van der Waals surface area (Å²) in [6.07, 6.45) is 0. The SMILES string of the molecule is CC(C)Cn1nc(C(N)=O)c2ccccc21. The predicted molar refractivity (Wildman–Crippen MR) is 63.1 cm³/mol. The summed E-state index contributed by atoms with van der Waals surface area (Å²) in [5.41, 5.74) is 6.63. The lowest BCUT2D eigenvalue weighted by molar-refractivity contribution is 0.0996. The van der Waals surface area contributed by atoms with Gasteiger partial charge in [-0.15, -0.1) is 0 Å². The van der Waals surface area contributed by atoms with Crippen molar-refractivity contribution >= 4 is 16.8 Å². The van der Waals surface area contributed by atoms with Gasteiger partial charge in [-0.3, -0.25) is 9.48 Å². The number of carbonyl (C=O) groups excluding carboxylic acids is 1. The van der Waals surface area contributed by atoms with Gasteiger partial charge in [0, 0.05) is 11.9 Å². The van der Waals surface area contributed by atoms with E-state index in [0.29, 0.717) is 11.6 Å². The second kappa shape index (κ2) is 3.96. The van der Waals surface area contributed by atoms with E-state index < -0.39 is 5.91 Å². The van der Waals surface area contributed by atoms with Crippen molar-refractivity contribution in [3.05, 3.63) is 30.0 Å². The van der Waals surface area contributed by atoms with Crippen LogP contribution in [0.5, 0.6) is 0 Å². The fraction of sp³-hybridized carbons (Fsp3) is 0.333. The Morgan fingerprint density at radius 2 is 2.12 bits per heavy atom. The molecule has 0 bridgehead atoms. The molecule has 2 rings (SSSR count). The van der Waals surface area contributed by atoms with Gasteiger partial charge in [0.2, 0.25) is 0 Å². The Morgan fingerprint density at radius 3 is 2.75 bits per heavy atom. The van der Waals surface area contributed by atoms with E-state index in [9.17, 15) is 4.79 Å².